The van der Waals surface area contributed by atoms with Crippen molar-refractivity contribution in [2.24, 2.45) is 0 Å². The van der Waals surface area contributed by atoms with Crippen LogP contribution >= 0.6 is 0 Å². The molecule has 8 aromatic carbocycles. The zero-order valence-electron chi connectivity index (χ0n) is 29.4. The molecule has 0 amide bonds. The van der Waals surface area contributed by atoms with Gasteiger partial charge in [0, 0.05) is 54.5 Å². The van der Waals surface area contributed by atoms with Crippen molar-refractivity contribution in [3.63, 3.8) is 0 Å². The van der Waals surface area contributed by atoms with Gasteiger partial charge >= 0.3 is 0 Å². The highest BCUT2D eigenvalue weighted by atomic mass is 16.2. The molecular weight excluding hydrogens is 675 g/mol. The first-order valence-electron chi connectivity index (χ1n) is 18.5. The van der Waals surface area contributed by atoms with Crippen LogP contribution in [0.2, 0.25) is 0 Å². The molecule has 12 rings (SSSR count). The van der Waals surface area contributed by atoms with Crippen LogP contribution in [0.15, 0.2) is 186 Å². The first-order chi connectivity index (χ1) is 27.1. The highest BCUT2D eigenvalue weighted by molar-refractivity contribution is 6.19. The first-order valence-corrected chi connectivity index (χ1v) is 18.5. The van der Waals surface area contributed by atoms with Gasteiger partial charge in [0.2, 0.25) is 0 Å². The van der Waals surface area contributed by atoms with Gasteiger partial charge in [-0.1, -0.05) is 109 Å². The van der Waals surface area contributed by atoms with Gasteiger partial charge in [-0.3, -0.25) is 9.59 Å². The topological polar surface area (TPSA) is 48.4 Å². The maximum atomic E-state index is 14.1. The summed E-state index contributed by atoms with van der Waals surface area (Å²) in [7, 11) is 0. The van der Waals surface area contributed by atoms with Gasteiger partial charge in [-0.15, -0.1) is 0 Å². The third kappa shape index (κ3) is 4.07. The number of rotatable bonds is 3. The predicted molar refractivity (Wildman–Crippen MR) is 228 cm³/mol. The quantitative estimate of drug-likeness (QED) is 0.136. The molecule has 0 saturated heterocycles. The van der Waals surface area contributed by atoms with E-state index in [-0.39, 0.29) is 11.1 Å². The molecule has 5 nitrogen and oxygen atoms in total. The Morgan fingerprint density at radius 1 is 0.291 bits per heavy atom. The molecule has 5 heteroatoms. The van der Waals surface area contributed by atoms with Gasteiger partial charge in [0.05, 0.1) is 27.6 Å². The van der Waals surface area contributed by atoms with E-state index in [0.29, 0.717) is 16.3 Å². The molecule has 0 aliphatic carbocycles. The van der Waals surface area contributed by atoms with Gasteiger partial charge in [0.15, 0.2) is 0 Å². The van der Waals surface area contributed by atoms with E-state index in [1.165, 1.54) is 25.9 Å². The number of pyridine rings is 2. The lowest BCUT2D eigenvalue weighted by Crippen LogP contribution is -2.27. The summed E-state index contributed by atoms with van der Waals surface area (Å²) in [6.07, 6.45) is 0. The van der Waals surface area contributed by atoms with Crippen LogP contribution < -0.4 is 11.1 Å². The van der Waals surface area contributed by atoms with Crippen molar-refractivity contribution in [2.45, 2.75) is 0 Å². The smallest absolute Gasteiger partial charge is 0.266 e. The Bertz CT molecular complexity index is 3380. The van der Waals surface area contributed by atoms with Crippen molar-refractivity contribution in [1.82, 2.24) is 13.5 Å². The van der Waals surface area contributed by atoms with Crippen LogP contribution in [0, 0.1) is 0 Å². The summed E-state index contributed by atoms with van der Waals surface area (Å²) in [5.41, 5.74) is 8.66. The van der Waals surface area contributed by atoms with E-state index >= 15 is 0 Å². The largest absolute Gasteiger partial charge is 0.309 e. The van der Waals surface area contributed by atoms with E-state index in [0.717, 1.165) is 66.1 Å². The fourth-order valence-corrected chi connectivity index (χ4v) is 9.22. The third-order valence-corrected chi connectivity index (χ3v) is 11.5. The molecule has 0 atom stereocenters. The minimum atomic E-state index is -0.293. The minimum absolute atomic E-state index is 0.293. The molecular formula is C50H29N3O2. The van der Waals surface area contributed by atoms with Crippen molar-refractivity contribution in [3.05, 3.63) is 197 Å². The number of fused-ring (bicyclic) bond motifs is 10. The molecule has 0 radical (unpaired) electrons. The maximum Gasteiger partial charge on any atom is 0.266 e. The fourth-order valence-electron chi connectivity index (χ4n) is 9.22. The molecule has 0 saturated carbocycles. The Labute approximate surface area is 313 Å². The predicted octanol–water partition coefficient (Wildman–Crippen LogP) is 11.4. The molecule has 4 aromatic heterocycles. The van der Waals surface area contributed by atoms with E-state index < -0.39 is 0 Å². The molecule has 0 aliphatic rings. The second-order valence-corrected chi connectivity index (χ2v) is 14.4. The van der Waals surface area contributed by atoms with Crippen LogP contribution in [0.5, 0.6) is 0 Å². The maximum absolute atomic E-state index is 14.1. The van der Waals surface area contributed by atoms with E-state index in [9.17, 15) is 9.59 Å². The highest BCUT2D eigenvalue weighted by Gasteiger charge is 2.21. The molecule has 0 aliphatic heterocycles. The van der Waals surface area contributed by atoms with Crippen LogP contribution in [-0.4, -0.2) is 13.5 Å². The average Bonchev–Trinajstić information content (AvgIpc) is 3.76. The number of para-hydroxylation sites is 4. The summed E-state index contributed by atoms with van der Waals surface area (Å²) in [6, 6.07) is 60.9. The van der Waals surface area contributed by atoms with Crippen LogP contribution in [0.1, 0.15) is 0 Å². The molecule has 0 N–H and O–H groups in total. The van der Waals surface area contributed by atoms with E-state index in [1.54, 1.807) is 0 Å². The third-order valence-electron chi connectivity index (χ3n) is 11.5. The monoisotopic (exact) mass is 703 g/mol. The normalized spacial score (nSPS) is 12.1. The van der Waals surface area contributed by atoms with Gasteiger partial charge in [-0.05, 0) is 88.6 Å². The van der Waals surface area contributed by atoms with Gasteiger partial charge in [0.25, 0.3) is 11.1 Å². The van der Waals surface area contributed by atoms with Crippen LogP contribution in [-0.2, 0) is 0 Å². The van der Waals surface area contributed by atoms with Crippen molar-refractivity contribution in [1.29, 1.82) is 0 Å². The second kappa shape index (κ2) is 11.0. The lowest BCUT2D eigenvalue weighted by Gasteiger charge is -2.18. The number of hydrogen-bond donors (Lipinski definition) is 0. The average molecular weight is 704 g/mol. The molecule has 256 valence electrons. The van der Waals surface area contributed by atoms with Crippen LogP contribution in [0.3, 0.4) is 0 Å². The summed E-state index contributed by atoms with van der Waals surface area (Å²) in [4.78, 5) is 28.1. The van der Waals surface area contributed by atoms with Crippen LogP contribution in [0.4, 0.5) is 0 Å². The number of nitrogens with zero attached hydrogens (tertiary/aromatic N) is 3. The molecule has 4 heterocycles. The highest BCUT2D eigenvalue weighted by Crippen LogP contribution is 2.40. The number of benzene rings is 8. The summed E-state index contributed by atoms with van der Waals surface area (Å²) < 4.78 is 6.13. The lowest BCUT2D eigenvalue weighted by molar-refractivity contribution is 1.09. The van der Waals surface area contributed by atoms with Gasteiger partial charge < -0.3 is 9.13 Å². The van der Waals surface area contributed by atoms with Crippen LogP contribution in [0.25, 0.3) is 104 Å². The molecule has 0 bridgehead atoms. The minimum Gasteiger partial charge on any atom is -0.309 e. The fraction of sp³-hybridized carbons (Fsp3) is 0. The van der Waals surface area contributed by atoms with Gasteiger partial charge in [0.1, 0.15) is 0 Å². The Morgan fingerprint density at radius 2 is 0.600 bits per heavy atom. The summed E-state index contributed by atoms with van der Waals surface area (Å²) in [6.45, 7) is 0. The van der Waals surface area contributed by atoms with E-state index in [2.05, 4.69) is 137 Å². The summed E-state index contributed by atoms with van der Waals surface area (Å²) in [5.74, 6) is 0. The molecule has 0 unspecified atom stereocenters. The Balaban J connectivity index is 1.26. The van der Waals surface area contributed by atoms with E-state index in [1.807, 2.05) is 48.5 Å². The number of hydrogen-bond acceptors (Lipinski definition) is 2. The second-order valence-electron chi connectivity index (χ2n) is 14.4. The molecule has 55 heavy (non-hydrogen) atoms. The Kier molecular flexibility index (Phi) is 6.01. The zero-order chi connectivity index (χ0) is 36.4. The van der Waals surface area contributed by atoms with E-state index in [4.69, 9.17) is 0 Å². The summed E-state index contributed by atoms with van der Waals surface area (Å²) >= 11 is 0. The lowest BCUT2D eigenvalue weighted by atomic mass is 9.94. The Morgan fingerprint density at radius 3 is 0.982 bits per heavy atom. The SMILES string of the molecule is O=c1c2ccccc2c2cc(-c3cc(-n4c5ccccc5c5ccccc54)cc(-n4c5ccccc5c5ccccc54)c3)cc3c4ccccc4c(=O)n1c23. The zero-order valence-corrected chi connectivity index (χ0v) is 29.4. The van der Waals surface area contributed by atoms with Crippen molar-refractivity contribution >= 4 is 81.4 Å². The first kappa shape index (κ1) is 30.0. The van der Waals surface area contributed by atoms with Gasteiger partial charge in [-0.2, -0.15) is 0 Å². The van der Waals surface area contributed by atoms with Crippen molar-refractivity contribution < 1.29 is 0 Å². The van der Waals surface area contributed by atoms with Crippen molar-refractivity contribution in [3.8, 4) is 22.5 Å². The molecule has 0 spiro atoms. The Hall–Kier alpha value is -7.50. The standard InChI is InChI=1S/C50H29N3O2/c54-49-40-19-3-1-13-34(40)42-27-31(28-43-35-14-2-4-20-41(35)50(55)53(49)48(42)43)30-25-32(51-44-21-9-5-15-36(44)37-16-6-10-22-45(37)51)29-33(26-30)52-46-23-11-7-17-38(46)39-18-8-12-24-47(39)52/h1-29H. The molecule has 12 aromatic rings. The molecule has 0 fully saturated rings. The van der Waals surface area contributed by atoms with Crippen molar-refractivity contribution in [2.75, 3.05) is 0 Å². The number of aromatic nitrogens is 3. The summed E-state index contributed by atoms with van der Waals surface area (Å²) in [5, 5.41) is 9.23. The van der Waals surface area contributed by atoms with Gasteiger partial charge in [-0.25, -0.2) is 4.40 Å².